The highest BCUT2D eigenvalue weighted by Crippen LogP contribution is 2.30. The Morgan fingerprint density at radius 1 is 1.20 bits per heavy atom. The summed E-state index contributed by atoms with van der Waals surface area (Å²) in [5.41, 5.74) is 4.19. The molecule has 1 heteroatoms. The van der Waals surface area contributed by atoms with Crippen molar-refractivity contribution in [1.82, 2.24) is 0 Å². The fourth-order valence-corrected chi connectivity index (χ4v) is 2.69. The predicted octanol–water partition coefficient (Wildman–Crippen LogP) is 3.01. The van der Waals surface area contributed by atoms with Crippen LogP contribution in [0.1, 0.15) is 36.0 Å². The van der Waals surface area contributed by atoms with Crippen molar-refractivity contribution < 1.29 is 5.11 Å². The molecule has 0 amide bonds. The van der Waals surface area contributed by atoms with Gasteiger partial charge in [0.25, 0.3) is 0 Å². The average molecular weight is 204 g/mol. The van der Waals surface area contributed by atoms with Crippen LogP contribution in [0.25, 0.3) is 0 Å². The summed E-state index contributed by atoms with van der Waals surface area (Å²) >= 11 is 0. The van der Waals surface area contributed by atoms with E-state index in [0.29, 0.717) is 5.92 Å². The summed E-state index contributed by atoms with van der Waals surface area (Å²) in [5.74, 6) is 0.491. The normalized spacial score (nSPS) is 25.8. The Morgan fingerprint density at radius 2 is 1.87 bits per heavy atom. The Morgan fingerprint density at radius 3 is 2.40 bits per heavy atom. The molecule has 2 unspecified atom stereocenters. The van der Waals surface area contributed by atoms with Crippen molar-refractivity contribution in [1.29, 1.82) is 0 Å². The number of aryl methyl sites for hydroxylation is 2. The van der Waals surface area contributed by atoms with E-state index in [9.17, 15) is 5.11 Å². The zero-order valence-electron chi connectivity index (χ0n) is 9.66. The largest absolute Gasteiger partial charge is 0.393 e. The Balaban J connectivity index is 2.16. The Kier molecular flexibility index (Phi) is 3.11. The highest BCUT2D eigenvalue weighted by molar-refractivity contribution is 5.34. The fourth-order valence-electron chi connectivity index (χ4n) is 2.69. The van der Waals surface area contributed by atoms with Gasteiger partial charge in [0, 0.05) is 0 Å². The third kappa shape index (κ3) is 2.23. The highest BCUT2D eigenvalue weighted by Gasteiger charge is 2.25. The van der Waals surface area contributed by atoms with Crippen molar-refractivity contribution in [2.45, 2.75) is 45.6 Å². The first-order valence-electron chi connectivity index (χ1n) is 5.91. The van der Waals surface area contributed by atoms with Gasteiger partial charge in [-0.1, -0.05) is 24.6 Å². The van der Waals surface area contributed by atoms with Gasteiger partial charge in [-0.3, -0.25) is 0 Å². The van der Waals surface area contributed by atoms with E-state index in [1.807, 2.05) is 0 Å². The lowest BCUT2D eigenvalue weighted by Gasteiger charge is -2.17. The number of benzene rings is 1. The first kappa shape index (κ1) is 10.7. The maximum atomic E-state index is 9.83. The molecule has 1 nitrogen and oxygen atoms in total. The van der Waals surface area contributed by atoms with Crippen molar-refractivity contribution in [2.75, 3.05) is 0 Å². The zero-order chi connectivity index (χ0) is 10.8. The number of hydrogen-bond acceptors (Lipinski definition) is 1. The summed E-state index contributed by atoms with van der Waals surface area (Å²) in [7, 11) is 0. The molecule has 0 radical (unpaired) electrons. The van der Waals surface area contributed by atoms with Crippen molar-refractivity contribution in [3.63, 3.8) is 0 Å². The van der Waals surface area contributed by atoms with Gasteiger partial charge in [0.15, 0.2) is 0 Å². The Hall–Kier alpha value is -0.820. The van der Waals surface area contributed by atoms with Crippen molar-refractivity contribution in [2.24, 2.45) is 5.92 Å². The molecule has 82 valence electrons. The van der Waals surface area contributed by atoms with Gasteiger partial charge >= 0.3 is 0 Å². The molecule has 0 saturated heterocycles. The van der Waals surface area contributed by atoms with Crippen LogP contribution in [-0.2, 0) is 6.42 Å². The van der Waals surface area contributed by atoms with Gasteiger partial charge in [-0.2, -0.15) is 0 Å². The van der Waals surface area contributed by atoms with Gasteiger partial charge in [0.1, 0.15) is 0 Å². The van der Waals surface area contributed by atoms with Crippen molar-refractivity contribution >= 4 is 0 Å². The van der Waals surface area contributed by atoms with E-state index in [0.717, 1.165) is 12.8 Å². The fraction of sp³-hybridized carbons (Fsp3) is 0.571. The number of hydrogen-bond donors (Lipinski definition) is 1. The standard InChI is InChI=1S/C14H20O/c1-10-5-3-6-11(2)13(10)9-12-7-4-8-14(12)15/h3,5-6,12,14-15H,4,7-9H2,1-2H3. The van der Waals surface area contributed by atoms with E-state index >= 15 is 0 Å². The predicted molar refractivity (Wildman–Crippen MR) is 63.0 cm³/mol. The van der Waals surface area contributed by atoms with E-state index in [1.54, 1.807) is 0 Å². The van der Waals surface area contributed by atoms with Crippen molar-refractivity contribution in [3.05, 3.63) is 34.9 Å². The average Bonchev–Trinajstić information content (AvgIpc) is 2.58. The molecule has 1 saturated carbocycles. The molecular formula is C14H20O. The maximum Gasteiger partial charge on any atom is 0.0571 e. The van der Waals surface area contributed by atoms with Crippen molar-refractivity contribution in [3.8, 4) is 0 Å². The van der Waals surface area contributed by atoms with Crippen LogP contribution in [0.2, 0.25) is 0 Å². The summed E-state index contributed by atoms with van der Waals surface area (Å²) in [6, 6.07) is 6.45. The molecule has 1 aromatic carbocycles. The summed E-state index contributed by atoms with van der Waals surface area (Å²) in [4.78, 5) is 0. The minimum atomic E-state index is -0.0657. The van der Waals surface area contributed by atoms with Gasteiger partial charge in [0.05, 0.1) is 6.10 Å². The monoisotopic (exact) mass is 204 g/mol. The maximum absolute atomic E-state index is 9.83. The lowest BCUT2D eigenvalue weighted by molar-refractivity contribution is 0.132. The van der Waals surface area contributed by atoms with Gasteiger partial charge < -0.3 is 5.11 Å². The zero-order valence-corrected chi connectivity index (χ0v) is 9.66. The second-order valence-electron chi connectivity index (χ2n) is 4.83. The van der Waals surface area contributed by atoms with Gasteiger partial charge in [-0.25, -0.2) is 0 Å². The van der Waals surface area contributed by atoms with Crippen LogP contribution < -0.4 is 0 Å². The summed E-state index contributed by atoms with van der Waals surface area (Å²) in [6.45, 7) is 4.34. The van der Waals surface area contributed by atoms with E-state index in [4.69, 9.17) is 0 Å². The molecule has 0 heterocycles. The molecule has 1 N–H and O–H groups in total. The summed E-state index contributed by atoms with van der Waals surface area (Å²) in [5, 5.41) is 9.83. The van der Waals surface area contributed by atoms with Crippen LogP contribution >= 0.6 is 0 Å². The number of rotatable bonds is 2. The quantitative estimate of drug-likeness (QED) is 0.785. The minimum absolute atomic E-state index is 0.0657. The Bertz CT molecular complexity index is 323. The minimum Gasteiger partial charge on any atom is -0.393 e. The third-order valence-electron chi connectivity index (χ3n) is 3.73. The molecule has 15 heavy (non-hydrogen) atoms. The Labute approximate surface area is 92.1 Å². The first-order chi connectivity index (χ1) is 7.18. The van der Waals surface area contributed by atoms with E-state index in [1.165, 1.54) is 29.5 Å². The van der Waals surface area contributed by atoms with E-state index in [2.05, 4.69) is 32.0 Å². The molecule has 1 fully saturated rings. The van der Waals surface area contributed by atoms with Crippen LogP contribution in [0.3, 0.4) is 0 Å². The second-order valence-corrected chi connectivity index (χ2v) is 4.83. The van der Waals surface area contributed by atoms with Gasteiger partial charge in [-0.15, -0.1) is 0 Å². The smallest absolute Gasteiger partial charge is 0.0571 e. The molecule has 2 atom stereocenters. The van der Waals surface area contributed by atoms with E-state index < -0.39 is 0 Å². The third-order valence-corrected chi connectivity index (χ3v) is 3.73. The van der Waals surface area contributed by atoms with Crippen LogP contribution in [0.5, 0.6) is 0 Å². The lowest BCUT2D eigenvalue weighted by Crippen LogP contribution is -2.16. The highest BCUT2D eigenvalue weighted by atomic mass is 16.3. The second kappa shape index (κ2) is 4.36. The molecule has 0 bridgehead atoms. The molecule has 0 aromatic heterocycles. The van der Waals surface area contributed by atoms with Crippen LogP contribution in [-0.4, -0.2) is 11.2 Å². The van der Waals surface area contributed by atoms with Crippen LogP contribution in [0.4, 0.5) is 0 Å². The number of aliphatic hydroxyl groups is 1. The molecule has 0 spiro atoms. The number of aliphatic hydroxyl groups excluding tert-OH is 1. The molecular weight excluding hydrogens is 184 g/mol. The molecule has 1 aliphatic rings. The van der Waals surface area contributed by atoms with Crippen LogP contribution in [0, 0.1) is 19.8 Å². The lowest BCUT2D eigenvalue weighted by atomic mass is 9.91. The van der Waals surface area contributed by atoms with E-state index in [-0.39, 0.29) is 6.10 Å². The van der Waals surface area contributed by atoms with Gasteiger partial charge in [0.2, 0.25) is 0 Å². The topological polar surface area (TPSA) is 20.2 Å². The molecule has 1 aliphatic carbocycles. The molecule has 2 rings (SSSR count). The molecule has 0 aliphatic heterocycles. The first-order valence-corrected chi connectivity index (χ1v) is 5.91. The van der Waals surface area contributed by atoms with Gasteiger partial charge in [-0.05, 0) is 55.7 Å². The summed E-state index contributed by atoms with van der Waals surface area (Å²) in [6.07, 6.45) is 4.37. The summed E-state index contributed by atoms with van der Waals surface area (Å²) < 4.78 is 0. The SMILES string of the molecule is Cc1cccc(C)c1CC1CCCC1O. The van der Waals surface area contributed by atoms with Crippen LogP contribution in [0.15, 0.2) is 18.2 Å². The molecule has 1 aromatic rings.